The van der Waals surface area contributed by atoms with Crippen LogP contribution in [0.25, 0.3) is 0 Å². The van der Waals surface area contributed by atoms with E-state index in [-0.39, 0.29) is 5.41 Å². The Balaban J connectivity index is 5.79. The van der Waals surface area contributed by atoms with E-state index in [4.69, 9.17) is 0 Å². The van der Waals surface area contributed by atoms with Crippen LogP contribution < -0.4 is 0 Å². The van der Waals surface area contributed by atoms with Gasteiger partial charge < -0.3 is 0 Å². The van der Waals surface area contributed by atoms with Gasteiger partial charge in [0.05, 0.1) is 0 Å². The van der Waals surface area contributed by atoms with Gasteiger partial charge in [0.25, 0.3) is 0 Å². The molecule has 23 heavy (non-hydrogen) atoms. The van der Waals surface area contributed by atoms with Crippen LogP contribution in [0.2, 0.25) is 16.6 Å². The molecule has 0 saturated heterocycles. The fourth-order valence-corrected chi connectivity index (χ4v) is 9.74. The van der Waals surface area contributed by atoms with Gasteiger partial charge >= 0.3 is 0 Å². The number of hydrogen-bond donors (Lipinski definition) is 0. The van der Waals surface area contributed by atoms with Crippen LogP contribution in [-0.2, 0) is 0 Å². The van der Waals surface area contributed by atoms with Gasteiger partial charge in [-0.05, 0) is 35.9 Å². The molecule has 0 aromatic carbocycles. The fourth-order valence-electron chi connectivity index (χ4n) is 4.40. The Kier molecular flexibility index (Phi) is 10.5. The summed E-state index contributed by atoms with van der Waals surface area (Å²) in [4.78, 5) is 0. The second-order valence-electron chi connectivity index (χ2n) is 8.49. The summed E-state index contributed by atoms with van der Waals surface area (Å²) in [6, 6.07) is 0. The second kappa shape index (κ2) is 10.6. The number of hydrogen-bond acceptors (Lipinski definition) is 0. The van der Waals surface area contributed by atoms with Crippen LogP contribution in [0.3, 0.4) is 0 Å². The molecule has 0 aromatic heterocycles. The molecule has 0 aliphatic rings. The van der Waals surface area contributed by atoms with Crippen LogP contribution in [0.15, 0.2) is 0 Å². The maximum Gasteiger partial charge on any atom is 0.145 e. The predicted molar refractivity (Wildman–Crippen MR) is 111 cm³/mol. The highest BCUT2D eigenvalue weighted by Crippen LogP contribution is 2.42. The van der Waals surface area contributed by atoms with Gasteiger partial charge in [0.1, 0.15) is 8.07 Å². The first-order valence-corrected chi connectivity index (χ1v) is 12.5. The van der Waals surface area contributed by atoms with E-state index in [1.165, 1.54) is 44.9 Å². The topological polar surface area (TPSA) is 0 Å². The molecule has 0 heterocycles. The third-order valence-electron chi connectivity index (χ3n) is 6.10. The Bertz CT molecular complexity index is 337. The number of rotatable bonds is 10. The molecule has 0 rings (SSSR count). The maximum atomic E-state index is 4.03. The monoisotopic (exact) mass is 336 g/mol. The highest BCUT2D eigenvalue weighted by molar-refractivity contribution is 6.90. The molecule has 0 saturated carbocycles. The average Bonchev–Trinajstić information content (AvgIpc) is 2.49. The van der Waals surface area contributed by atoms with Gasteiger partial charge in [-0.1, -0.05) is 88.0 Å². The first-order valence-electron chi connectivity index (χ1n) is 10.3. The van der Waals surface area contributed by atoms with E-state index >= 15 is 0 Å². The Labute approximate surface area is 149 Å². The van der Waals surface area contributed by atoms with Gasteiger partial charge in [0.2, 0.25) is 0 Å². The van der Waals surface area contributed by atoms with E-state index in [1.807, 2.05) is 0 Å². The van der Waals surface area contributed by atoms with Crippen molar-refractivity contribution >= 4 is 8.07 Å². The highest BCUT2D eigenvalue weighted by atomic mass is 28.3. The fraction of sp³-hybridized carbons (Fsp3) is 0.909. The standard InChI is InChI=1S/C22H44Si/c1-10-13-15-22(12-3,16-14-11-2)17-18-23(19(4)5,20(6)7)21(8)9/h19-21H,10-16H2,1-9H3. The van der Waals surface area contributed by atoms with Crippen molar-refractivity contribution in [2.24, 2.45) is 5.41 Å². The molecule has 0 atom stereocenters. The van der Waals surface area contributed by atoms with Crippen LogP contribution in [0, 0.1) is 16.9 Å². The summed E-state index contributed by atoms with van der Waals surface area (Å²) in [5.74, 6) is 3.95. The minimum atomic E-state index is -1.59. The van der Waals surface area contributed by atoms with E-state index in [1.54, 1.807) is 0 Å². The molecule has 0 spiro atoms. The van der Waals surface area contributed by atoms with Crippen LogP contribution in [0.5, 0.6) is 0 Å². The molecule has 0 amide bonds. The van der Waals surface area contributed by atoms with Gasteiger partial charge in [0, 0.05) is 5.41 Å². The zero-order chi connectivity index (χ0) is 18.1. The molecule has 0 aromatic rings. The van der Waals surface area contributed by atoms with Crippen molar-refractivity contribution in [1.82, 2.24) is 0 Å². The lowest BCUT2D eigenvalue weighted by atomic mass is 9.77. The first-order chi connectivity index (χ1) is 10.7. The third-order valence-corrected chi connectivity index (χ3v) is 12.4. The summed E-state index contributed by atoms with van der Waals surface area (Å²) in [6.45, 7) is 21.5. The summed E-state index contributed by atoms with van der Waals surface area (Å²) in [6.07, 6.45) is 9.04. The van der Waals surface area contributed by atoms with Crippen molar-refractivity contribution in [3.05, 3.63) is 0 Å². The minimum absolute atomic E-state index is 0.281. The van der Waals surface area contributed by atoms with Gasteiger partial charge in [-0.2, -0.15) is 0 Å². The SMILES string of the molecule is CCCCC(C#C[Si](C(C)C)(C(C)C)C(C)C)(CC)CCCC. The van der Waals surface area contributed by atoms with Crippen LogP contribution in [-0.4, -0.2) is 8.07 Å². The van der Waals surface area contributed by atoms with Crippen molar-refractivity contribution in [3.63, 3.8) is 0 Å². The quantitative estimate of drug-likeness (QED) is 0.280. The second-order valence-corrected chi connectivity index (χ2v) is 14.1. The summed E-state index contributed by atoms with van der Waals surface area (Å²) < 4.78 is 0. The van der Waals surface area contributed by atoms with Gasteiger partial charge in [-0.3, -0.25) is 0 Å². The smallest absolute Gasteiger partial charge is 0.130 e. The van der Waals surface area contributed by atoms with E-state index < -0.39 is 8.07 Å². The van der Waals surface area contributed by atoms with Gasteiger partial charge in [-0.25, -0.2) is 0 Å². The molecular weight excluding hydrogens is 292 g/mol. The van der Waals surface area contributed by atoms with E-state index in [0.717, 1.165) is 16.6 Å². The molecule has 0 aliphatic carbocycles. The van der Waals surface area contributed by atoms with E-state index in [2.05, 4.69) is 73.8 Å². The summed E-state index contributed by atoms with van der Waals surface area (Å²) in [7, 11) is -1.59. The molecular formula is C22H44Si. The Morgan fingerprint density at radius 1 is 0.739 bits per heavy atom. The van der Waals surface area contributed by atoms with Crippen molar-refractivity contribution in [2.45, 2.75) is 124 Å². The normalized spacial score (nSPS) is 12.9. The molecule has 136 valence electrons. The molecule has 0 bridgehead atoms. The summed E-state index contributed by atoms with van der Waals surface area (Å²) in [5.41, 5.74) is 6.52. The molecule has 0 unspecified atom stereocenters. The molecule has 0 fully saturated rings. The van der Waals surface area contributed by atoms with Crippen LogP contribution in [0.4, 0.5) is 0 Å². The molecule has 1 heteroatoms. The molecule has 0 nitrogen and oxygen atoms in total. The van der Waals surface area contributed by atoms with Gasteiger partial charge in [-0.15, -0.1) is 11.5 Å². The lowest BCUT2D eigenvalue weighted by Gasteiger charge is -2.39. The first kappa shape index (κ1) is 22.8. The highest BCUT2D eigenvalue weighted by Gasteiger charge is 2.42. The average molecular weight is 337 g/mol. The Hall–Kier alpha value is -0.223. The predicted octanol–water partition coefficient (Wildman–Crippen LogP) is 7.98. The van der Waals surface area contributed by atoms with E-state index in [9.17, 15) is 0 Å². The molecule has 0 N–H and O–H groups in total. The lowest BCUT2D eigenvalue weighted by Crippen LogP contribution is -2.43. The maximum absolute atomic E-state index is 4.03. The minimum Gasteiger partial charge on any atom is -0.130 e. The lowest BCUT2D eigenvalue weighted by molar-refractivity contribution is 0.307. The van der Waals surface area contributed by atoms with Crippen LogP contribution >= 0.6 is 0 Å². The number of unbranched alkanes of at least 4 members (excludes halogenated alkanes) is 2. The van der Waals surface area contributed by atoms with Crippen molar-refractivity contribution < 1.29 is 0 Å². The van der Waals surface area contributed by atoms with Crippen molar-refractivity contribution in [2.75, 3.05) is 0 Å². The van der Waals surface area contributed by atoms with Gasteiger partial charge in [0.15, 0.2) is 0 Å². The van der Waals surface area contributed by atoms with E-state index in [0.29, 0.717) is 0 Å². The van der Waals surface area contributed by atoms with Crippen LogP contribution in [0.1, 0.15) is 107 Å². The third kappa shape index (κ3) is 5.97. The Morgan fingerprint density at radius 2 is 1.13 bits per heavy atom. The summed E-state index contributed by atoms with van der Waals surface area (Å²) in [5, 5.41) is 0. The van der Waals surface area contributed by atoms with Crippen molar-refractivity contribution in [3.8, 4) is 11.5 Å². The molecule has 0 radical (unpaired) electrons. The zero-order valence-corrected chi connectivity index (χ0v) is 18.7. The van der Waals surface area contributed by atoms with Crippen molar-refractivity contribution in [1.29, 1.82) is 0 Å². The summed E-state index contributed by atoms with van der Waals surface area (Å²) >= 11 is 0. The molecule has 0 aliphatic heterocycles. The largest absolute Gasteiger partial charge is 0.145 e. The Morgan fingerprint density at radius 3 is 1.39 bits per heavy atom. The zero-order valence-electron chi connectivity index (χ0n) is 17.7.